The molecule has 16 heteroatoms. The number of likely N-dealkylation sites (N-methyl/N-ethyl adjacent to an activating group) is 2. The Hall–Kier alpha value is -4.96. The van der Waals surface area contributed by atoms with Gasteiger partial charge >= 0.3 is 5.69 Å². The number of nitrogen functional groups attached to an aromatic ring is 1. The summed E-state index contributed by atoms with van der Waals surface area (Å²) >= 11 is 0. The minimum absolute atomic E-state index is 0.109. The quantitative estimate of drug-likeness (QED) is 0.213. The molecule has 3 N–H and O–H groups in total. The van der Waals surface area contributed by atoms with Gasteiger partial charge in [-0.2, -0.15) is 9.50 Å². The Kier molecular flexibility index (Phi) is 8.40. The van der Waals surface area contributed by atoms with Crippen molar-refractivity contribution in [3.63, 3.8) is 0 Å². The van der Waals surface area contributed by atoms with Crippen LogP contribution in [0.3, 0.4) is 0 Å². The van der Waals surface area contributed by atoms with Crippen LogP contribution in [0.2, 0.25) is 0 Å². The van der Waals surface area contributed by atoms with Crippen molar-refractivity contribution in [2.45, 2.75) is 6.54 Å². The third-order valence-corrected chi connectivity index (χ3v) is 8.08. The van der Waals surface area contributed by atoms with Crippen molar-refractivity contribution >= 4 is 34.4 Å². The molecular weight excluding hydrogens is 585 g/mol. The summed E-state index contributed by atoms with van der Waals surface area (Å²) in [4.78, 5) is 40.4. The maximum atomic E-state index is 15.1. The van der Waals surface area contributed by atoms with Gasteiger partial charge in [0.15, 0.2) is 23.7 Å². The Morgan fingerprint density at radius 2 is 1.96 bits per heavy atom. The molecule has 5 heterocycles. The van der Waals surface area contributed by atoms with Crippen molar-refractivity contribution in [2.24, 2.45) is 7.05 Å². The zero-order valence-corrected chi connectivity index (χ0v) is 25.4. The summed E-state index contributed by atoms with van der Waals surface area (Å²) in [6.45, 7) is 4.64. The third kappa shape index (κ3) is 5.93. The van der Waals surface area contributed by atoms with Crippen molar-refractivity contribution in [2.75, 3.05) is 77.1 Å². The molecule has 1 aromatic carbocycles. The molecule has 1 aliphatic rings. The van der Waals surface area contributed by atoms with Gasteiger partial charge in [-0.3, -0.25) is 18.8 Å². The molecule has 4 aromatic heterocycles. The maximum absolute atomic E-state index is 15.1. The van der Waals surface area contributed by atoms with Crippen LogP contribution >= 0.6 is 0 Å². The number of benzene rings is 1. The van der Waals surface area contributed by atoms with Crippen LogP contribution in [0.4, 0.5) is 16.0 Å². The van der Waals surface area contributed by atoms with Crippen LogP contribution in [0, 0.1) is 5.82 Å². The van der Waals surface area contributed by atoms with E-state index in [9.17, 15) is 9.59 Å². The molecule has 1 amide bonds. The van der Waals surface area contributed by atoms with Gasteiger partial charge in [-0.05, 0) is 31.3 Å². The lowest BCUT2D eigenvalue weighted by Crippen LogP contribution is -2.47. The van der Waals surface area contributed by atoms with Gasteiger partial charge in [-0.1, -0.05) is 0 Å². The number of amides is 1. The van der Waals surface area contributed by atoms with Gasteiger partial charge in [-0.15, -0.1) is 5.10 Å². The van der Waals surface area contributed by atoms with Crippen LogP contribution in [0.1, 0.15) is 0 Å². The molecule has 6 rings (SSSR count). The number of aromatic nitrogens is 6. The number of fused-ring (bicyclic) bond motifs is 3. The van der Waals surface area contributed by atoms with Gasteiger partial charge in [0, 0.05) is 72.5 Å². The molecule has 15 nitrogen and oxygen atoms in total. The number of aryl methyl sites for hydroxylation is 1. The van der Waals surface area contributed by atoms with E-state index in [1.165, 1.54) is 21.4 Å². The van der Waals surface area contributed by atoms with E-state index in [-0.39, 0.29) is 24.2 Å². The summed E-state index contributed by atoms with van der Waals surface area (Å²) in [5, 5.41) is 7.40. The number of ether oxygens (including phenoxy) is 1. The molecule has 0 aliphatic carbocycles. The van der Waals surface area contributed by atoms with Crippen LogP contribution in [0.5, 0.6) is 5.75 Å². The summed E-state index contributed by atoms with van der Waals surface area (Å²) in [6.07, 6.45) is 1.53. The molecule has 0 atom stereocenters. The minimum atomic E-state index is -0.405. The molecular formula is C29H36FN11O4. The van der Waals surface area contributed by atoms with Gasteiger partial charge in [-0.25, -0.2) is 14.2 Å². The Labute approximate surface area is 257 Å². The summed E-state index contributed by atoms with van der Waals surface area (Å²) in [5.74, 6) is 0.657. The second-order valence-corrected chi connectivity index (χ2v) is 10.9. The number of carbonyl (C=O) groups excluding carboxylic acids is 1. The summed E-state index contributed by atoms with van der Waals surface area (Å²) in [7, 11) is 5.19. The molecule has 5 aromatic rings. The monoisotopic (exact) mass is 621 g/mol. The number of carbonyl (C=O) groups is 1. The molecule has 45 heavy (non-hydrogen) atoms. The van der Waals surface area contributed by atoms with E-state index in [1.807, 2.05) is 11.9 Å². The van der Waals surface area contributed by atoms with Gasteiger partial charge in [0.2, 0.25) is 11.8 Å². The van der Waals surface area contributed by atoms with E-state index >= 15 is 4.39 Å². The second kappa shape index (κ2) is 12.6. The lowest BCUT2D eigenvalue weighted by Gasteiger charge is -2.36. The van der Waals surface area contributed by atoms with Crippen molar-refractivity contribution < 1.29 is 18.3 Å². The molecule has 0 saturated carbocycles. The van der Waals surface area contributed by atoms with Crippen LogP contribution in [-0.4, -0.2) is 111 Å². The zero-order valence-electron chi connectivity index (χ0n) is 25.4. The normalized spacial score (nSPS) is 14.1. The lowest BCUT2D eigenvalue weighted by molar-refractivity contribution is -0.132. The van der Waals surface area contributed by atoms with E-state index in [0.29, 0.717) is 92.2 Å². The van der Waals surface area contributed by atoms with Crippen LogP contribution in [0.15, 0.2) is 45.8 Å². The highest BCUT2D eigenvalue weighted by molar-refractivity contribution is 5.88. The minimum Gasteiger partial charge on any atom is -0.484 e. The highest BCUT2D eigenvalue weighted by Gasteiger charge is 2.24. The molecule has 0 unspecified atom stereocenters. The summed E-state index contributed by atoms with van der Waals surface area (Å²) in [5.41, 5.74) is 7.85. The van der Waals surface area contributed by atoms with Crippen molar-refractivity contribution in [3.05, 3.63) is 52.9 Å². The van der Waals surface area contributed by atoms with Gasteiger partial charge in [0.1, 0.15) is 17.1 Å². The Morgan fingerprint density at radius 1 is 1.16 bits per heavy atom. The highest BCUT2D eigenvalue weighted by atomic mass is 19.1. The van der Waals surface area contributed by atoms with Crippen LogP contribution in [0.25, 0.3) is 28.4 Å². The number of halogens is 1. The third-order valence-electron chi connectivity index (χ3n) is 8.08. The van der Waals surface area contributed by atoms with Crippen LogP contribution in [-0.2, 0) is 18.4 Å². The molecule has 1 fully saturated rings. The van der Waals surface area contributed by atoms with E-state index in [2.05, 4.69) is 25.3 Å². The van der Waals surface area contributed by atoms with Crippen molar-refractivity contribution in [1.29, 1.82) is 0 Å². The molecule has 238 valence electrons. The van der Waals surface area contributed by atoms with E-state index in [4.69, 9.17) is 14.9 Å². The van der Waals surface area contributed by atoms with Gasteiger partial charge in [0.25, 0.3) is 5.91 Å². The highest BCUT2D eigenvalue weighted by Crippen LogP contribution is 2.26. The average molecular weight is 622 g/mol. The number of piperazine rings is 1. The Bertz CT molecular complexity index is 1870. The number of furan rings is 1. The molecule has 0 spiro atoms. The fourth-order valence-electron chi connectivity index (χ4n) is 5.45. The first-order chi connectivity index (χ1) is 21.7. The van der Waals surface area contributed by atoms with E-state index < -0.39 is 5.82 Å². The first-order valence-corrected chi connectivity index (χ1v) is 14.7. The largest absolute Gasteiger partial charge is 0.484 e. The van der Waals surface area contributed by atoms with Gasteiger partial charge < -0.3 is 30.0 Å². The number of anilines is 2. The SMILES string of the molecule is CNCCN(C)C(=O)COc1ccc(N2CCN(CCn3c(=O)n(C)c4c3nc(N)n3nc(-c5ccco5)nc43)CC2)c(F)c1. The first-order valence-electron chi connectivity index (χ1n) is 14.7. The summed E-state index contributed by atoms with van der Waals surface area (Å²) < 4.78 is 30.5. The maximum Gasteiger partial charge on any atom is 0.330 e. The number of nitrogens with one attached hydrogen (secondary N) is 1. The number of nitrogens with two attached hydrogens (primary N) is 1. The average Bonchev–Trinajstić information content (AvgIpc) is 3.78. The van der Waals surface area contributed by atoms with Crippen molar-refractivity contribution in [1.82, 2.24) is 43.8 Å². The fraction of sp³-hybridized carbons (Fsp3) is 0.414. The smallest absolute Gasteiger partial charge is 0.330 e. The van der Waals surface area contributed by atoms with Gasteiger partial charge in [0.05, 0.1) is 12.0 Å². The number of hydrogen-bond donors (Lipinski definition) is 2. The van der Waals surface area contributed by atoms with Crippen molar-refractivity contribution in [3.8, 4) is 17.3 Å². The molecule has 1 saturated heterocycles. The Balaban J connectivity index is 1.08. The van der Waals surface area contributed by atoms with E-state index in [0.717, 1.165) is 0 Å². The predicted octanol–water partition coefficient (Wildman–Crippen LogP) is 0.638. The molecule has 0 radical (unpaired) electrons. The Morgan fingerprint density at radius 3 is 2.67 bits per heavy atom. The lowest BCUT2D eigenvalue weighted by atomic mass is 10.2. The summed E-state index contributed by atoms with van der Waals surface area (Å²) in [6, 6.07) is 8.17. The zero-order chi connectivity index (χ0) is 31.7. The predicted molar refractivity (Wildman–Crippen MR) is 166 cm³/mol. The molecule has 0 bridgehead atoms. The van der Waals surface area contributed by atoms with E-state index in [1.54, 1.807) is 47.8 Å². The number of imidazole rings is 1. The van der Waals surface area contributed by atoms with Crippen LogP contribution < -0.4 is 26.4 Å². The number of nitrogens with zero attached hydrogens (tertiary/aromatic N) is 9. The second-order valence-electron chi connectivity index (χ2n) is 10.9. The standard InChI is InChI=1S/C29H36FN11O4/c1-32-8-9-36(2)23(42)18-45-19-6-7-21(20(30)17-19)39-13-10-38(11-14-39)12-15-40-26-24(37(3)29(40)43)27-33-25(22-5-4-16-44-22)35-41(27)28(31)34-26/h4-7,16-17,32H,8-15,18H2,1-3H3,(H2,31,34). The number of hydrogen-bond acceptors (Lipinski definition) is 11. The fourth-order valence-corrected chi connectivity index (χ4v) is 5.45. The topological polar surface area (TPSA) is 157 Å². The molecule has 1 aliphatic heterocycles. The number of rotatable bonds is 11. The first kappa shape index (κ1) is 30.1.